The van der Waals surface area contributed by atoms with Crippen LogP contribution >= 0.6 is 34.8 Å². The normalized spacial score (nSPS) is 10.3. The molecule has 0 aromatic heterocycles. The number of anilines is 2. The molecule has 0 unspecified atom stereocenters. The molecule has 0 bridgehead atoms. The van der Waals surface area contributed by atoms with Gasteiger partial charge in [-0.25, -0.2) is 4.79 Å². The number of methoxy groups -OCH3 is 1. The Morgan fingerprint density at radius 2 is 1.46 bits per heavy atom. The third kappa shape index (κ3) is 7.78. The van der Waals surface area contributed by atoms with Gasteiger partial charge < -0.3 is 24.8 Å². The quantitative estimate of drug-likeness (QED) is 0.351. The Morgan fingerprint density at radius 3 is 2.17 bits per heavy atom. The molecular weight excluding hydrogens is 519 g/mol. The lowest BCUT2D eigenvalue weighted by Crippen LogP contribution is -2.23. The molecule has 0 radical (unpaired) electrons. The molecule has 3 rings (SSSR count). The van der Waals surface area contributed by atoms with Crippen LogP contribution in [0.15, 0.2) is 60.7 Å². The lowest BCUT2D eigenvalue weighted by molar-refractivity contribution is -0.119. The van der Waals surface area contributed by atoms with E-state index in [0.29, 0.717) is 32.2 Å². The first-order valence-electron chi connectivity index (χ1n) is 10.0. The second kappa shape index (κ2) is 12.3. The number of ether oxygens (including phenoxy) is 3. The maximum absolute atomic E-state index is 12.5. The maximum atomic E-state index is 12.5. The zero-order chi connectivity index (χ0) is 25.4. The lowest BCUT2D eigenvalue weighted by atomic mass is 10.2. The summed E-state index contributed by atoms with van der Waals surface area (Å²) in [4.78, 5) is 37.0. The summed E-state index contributed by atoms with van der Waals surface area (Å²) in [6.45, 7) is -0.958. The smallest absolute Gasteiger partial charge is 0.342 e. The molecule has 3 aromatic rings. The number of hydrogen-bond donors (Lipinski definition) is 2. The predicted molar refractivity (Wildman–Crippen MR) is 134 cm³/mol. The van der Waals surface area contributed by atoms with E-state index < -0.39 is 31.0 Å². The summed E-state index contributed by atoms with van der Waals surface area (Å²) in [7, 11) is 1.45. The first kappa shape index (κ1) is 26.2. The fraction of sp³-hybridized carbons (Fsp3) is 0.125. The van der Waals surface area contributed by atoms with E-state index in [0.717, 1.165) is 0 Å². The molecule has 35 heavy (non-hydrogen) atoms. The summed E-state index contributed by atoms with van der Waals surface area (Å²) in [5, 5.41) is 6.31. The van der Waals surface area contributed by atoms with Crippen LogP contribution in [0.4, 0.5) is 11.4 Å². The van der Waals surface area contributed by atoms with Crippen LogP contribution in [-0.4, -0.2) is 38.1 Å². The van der Waals surface area contributed by atoms with Crippen LogP contribution in [-0.2, 0) is 14.3 Å². The van der Waals surface area contributed by atoms with Crippen LogP contribution in [0.3, 0.4) is 0 Å². The Bertz CT molecular complexity index is 1230. The zero-order valence-electron chi connectivity index (χ0n) is 18.3. The summed E-state index contributed by atoms with van der Waals surface area (Å²) in [6, 6.07) is 15.4. The second-order valence-corrected chi connectivity index (χ2v) is 8.27. The minimum absolute atomic E-state index is 0.0444. The Hall–Kier alpha value is -3.46. The molecule has 2 amide bonds. The van der Waals surface area contributed by atoms with Gasteiger partial charge in [0.15, 0.2) is 13.2 Å². The molecule has 0 aliphatic rings. The number of para-hydroxylation sites is 1. The van der Waals surface area contributed by atoms with Crippen molar-refractivity contribution in [3.8, 4) is 11.5 Å². The fourth-order valence-corrected chi connectivity index (χ4v) is 3.58. The first-order chi connectivity index (χ1) is 16.7. The van der Waals surface area contributed by atoms with E-state index in [2.05, 4.69) is 10.6 Å². The van der Waals surface area contributed by atoms with Crippen LogP contribution in [0.2, 0.25) is 15.1 Å². The molecule has 0 atom stereocenters. The van der Waals surface area contributed by atoms with Gasteiger partial charge in [-0.2, -0.15) is 0 Å². The van der Waals surface area contributed by atoms with Gasteiger partial charge in [0, 0.05) is 26.8 Å². The molecule has 0 aliphatic heterocycles. The molecule has 0 saturated heterocycles. The highest BCUT2D eigenvalue weighted by molar-refractivity contribution is 6.35. The van der Waals surface area contributed by atoms with Crippen molar-refractivity contribution in [2.75, 3.05) is 31.0 Å². The fourth-order valence-electron chi connectivity index (χ4n) is 2.89. The predicted octanol–water partition coefficient (Wildman–Crippen LogP) is 5.47. The van der Waals surface area contributed by atoms with E-state index in [9.17, 15) is 14.4 Å². The first-order valence-corrected chi connectivity index (χ1v) is 11.2. The highest BCUT2D eigenvalue weighted by Gasteiger charge is 2.17. The van der Waals surface area contributed by atoms with Crippen LogP contribution in [0.1, 0.15) is 10.4 Å². The average Bonchev–Trinajstić information content (AvgIpc) is 2.81. The summed E-state index contributed by atoms with van der Waals surface area (Å²) in [6.07, 6.45) is 0. The summed E-state index contributed by atoms with van der Waals surface area (Å²) < 4.78 is 15.8. The number of hydrogen-bond acceptors (Lipinski definition) is 6. The van der Waals surface area contributed by atoms with Crippen molar-refractivity contribution < 1.29 is 28.6 Å². The van der Waals surface area contributed by atoms with Gasteiger partial charge in [-0.15, -0.1) is 0 Å². The Balaban J connectivity index is 1.56. The number of carbonyl (C=O) groups is 3. The molecular formula is C24H19Cl3N2O6. The van der Waals surface area contributed by atoms with Crippen molar-refractivity contribution >= 4 is 64.0 Å². The van der Waals surface area contributed by atoms with Crippen molar-refractivity contribution in [3.63, 3.8) is 0 Å². The van der Waals surface area contributed by atoms with Crippen LogP contribution in [0, 0.1) is 0 Å². The average molecular weight is 538 g/mol. The van der Waals surface area contributed by atoms with Crippen molar-refractivity contribution in [2.45, 2.75) is 0 Å². The van der Waals surface area contributed by atoms with Crippen molar-refractivity contribution in [1.29, 1.82) is 0 Å². The number of rotatable bonds is 9. The topological polar surface area (TPSA) is 103 Å². The van der Waals surface area contributed by atoms with Crippen LogP contribution < -0.4 is 20.1 Å². The van der Waals surface area contributed by atoms with E-state index in [1.807, 2.05) is 0 Å². The van der Waals surface area contributed by atoms with Gasteiger partial charge in [0.2, 0.25) is 0 Å². The third-order valence-corrected chi connectivity index (χ3v) is 5.06. The largest absolute Gasteiger partial charge is 0.495 e. The van der Waals surface area contributed by atoms with Gasteiger partial charge in [-0.3, -0.25) is 9.59 Å². The number of benzene rings is 3. The van der Waals surface area contributed by atoms with E-state index in [1.165, 1.54) is 37.4 Å². The van der Waals surface area contributed by atoms with Crippen molar-refractivity contribution in [3.05, 3.63) is 81.3 Å². The number of amides is 2. The molecule has 3 aromatic carbocycles. The molecule has 8 nitrogen and oxygen atoms in total. The molecule has 182 valence electrons. The van der Waals surface area contributed by atoms with Gasteiger partial charge >= 0.3 is 5.97 Å². The molecule has 0 fully saturated rings. The van der Waals surface area contributed by atoms with Gasteiger partial charge in [0.1, 0.15) is 17.1 Å². The van der Waals surface area contributed by atoms with E-state index in [4.69, 9.17) is 49.0 Å². The van der Waals surface area contributed by atoms with Gasteiger partial charge in [0.25, 0.3) is 11.8 Å². The summed E-state index contributed by atoms with van der Waals surface area (Å²) in [5.74, 6) is -1.40. The van der Waals surface area contributed by atoms with Gasteiger partial charge in [-0.1, -0.05) is 46.9 Å². The van der Waals surface area contributed by atoms with Crippen molar-refractivity contribution in [1.82, 2.24) is 0 Å². The van der Waals surface area contributed by atoms with E-state index in [-0.39, 0.29) is 11.3 Å². The highest BCUT2D eigenvalue weighted by atomic mass is 35.5. The Kier molecular flexibility index (Phi) is 9.19. The maximum Gasteiger partial charge on any atom is 0.342 e. The molecule has 11 heteroatoms. The minimum Gasteiger partial charge on any atom is -0.495 e. The van der Waals surface area contributed by atoms with Crippen molar-refractivity contribution in [2.24, 2.45) is 0 Å². The van der Waals surface area contributed by atoms with Gasteiger partial charge in [-0.05, 0) is 42.5 Å². The Morgan fingerprint density at radius 1 is 0.771 bits per heavy atom. The number of carbonyl (C=O) groups excluding carboxylic acids is 3. The minimum atomic E-state index is -0.806. The van der Waals surface area contributed by atoms with Gasteiger partial charge in [0.05, 0.1) is 12.8 Å². The SMILES string of the molecule is COc1cc(Cl)ccc1NC(=O)COc1ccccc1C(=O)OCC(=O)Nc1cc(Cl)cc(Cl)c1. The second-order valence-electron chi connectivity index (χ2n) is 6.96. The zero-order valence-corrected chi connectivity index (χ0v) is 20.5. The standard InChI is InChI=1S/C24H19Cl3N2O6/c1-33-21-11-14(25)6-7-19(21)29-23(31)12-34-20-5-3-2-4-18(20)24(32)35-13-22(30)28-17-9-15(26)8-16(27)10-17/h2-11H,12-13H2,1H3,(H,28,30)(H,29,31). The highest BCUT2D eigenvalue weighted by Crippen LogP contribution is 2.28. The summed E-state index contributed by atoms with van der Waals surface area (Å²) in [5.41, 5.74) is 0.809. The third-order valence-electron chi connectivity index (χ3n) is 4.38. The lowest BCUT2D eigenvalue weighted by Gasteiger charge is -2.13. The number of esters is 1. The Labute approximate surface area is 216 Å². The van der Waals surface area contributed by atoms with Crippen LogP contribution in [0.5, 0.6) is 11.5 Å². The molecule has 0 spiro atoms. The van der Waals surface area contributed by atoms with E-state index in [1.54, 1.807) is 30.3 Å². The van der Waals surface area contributed by atoms with E-state index >= 15 is 0 Å². The molecule has 0 saturated carbocycles. The summed E-state index contributed by atoms with van der Waals surface area (Å²) >= 11 is 17.7. The number of nitrogens with one attached hydrogen (secondary N) is 2. The van der Waals surface area contributed by atoms with Crippen LogP contribution in [0.25, 0.3) is 0 Å². The molecule has 0 heterocycles. The molecule has 0 aliphatic carbocycles. The number of halogens is 3. The molecule has 2 N–H and O–H groups in total. The monoisotopic (exact) mass is 536 g/mol.